The lowest BCUT2D eigenvalue weighted by molar-refractivity contribution is -0.113. The van der Waals surface area contributed by atoms with Gasteiger partial charge in [-0.3, -0.25) is 4.79 Å². The summed E-state index contributed by atoms with van der Waals surface area (Å²) in [5, 5.41) is 12.2. The van der Waals surface area contributed by atoms with Crippen LogP contribution < -0.4 is 10.1 Å². The Morgan fingerprint density at radius 3 is 2.48 bits per heavy atom. The number of hydrogen-bond donors (Lipinski definition) is 1. The molecule has 0 spiro atoms. The second-order valence-electron chi connectivity index (χ2n) is 7.73. The van der Waals surface area contributed by atoms with Crippen molar-refractivity contribution in [1.82, 2.24) is 14.8 Å². The first-order valence-electron chi connectivity index (χ1n) is 10.6. The molecule has 0 aliphatic rings. The molecule has 1 aromatic heterocycles. The SMILES string of the molecule is CCc1ccccc1NC(=O)CSc1nnc(C(C)Oc2ccc(C(C)C)cc2)n1C. The average Bonchev–Trinajstić information content (AvgIpc) is 3.13. The van der Waals surface area contributed by atoms with E-state index in [9.17, 15) is 4.79 Å². The Hall–Kier alpha value is -2.80. The fourth-order valence-corrected chi connectivity index (χ4v) is 3.98. The molecular weight excluding hydrogens is 408 g/mol. The molecule has 2 aromatic carbocycles. The molecule has 31 heavy (non-hydrogen) atoms. The number of aryl methyl sites for hydroxylation is 1. The molecule has 6 nitrogen and oxygen atoms in total. The van der Waals surface area contributed by atoms with Gasteiger partial charge < -0.3 is 14.6 Å². The van der Waals surface area contributed by atoms with Gasteiger partial charge in [0.2, 0.25) is 5.91 Å². The van der Waals surface area contributed by atoms with Gasteiger partial charge in [-0.1, -0.05) is 62.9 Å². The van der Waals surface area contributed by atoms with Gasteiger partial charge in [-0.2, -0.15) is 0 Å². The Morgan fingerprint density at radius 1 is 1.10 bits per heavy atom. The van der Waals surface area contributed by atoms with E-state index in [1.807, 2.05) is 54.9 Å². The van der Waals surface area contributed by atoms with E-state index in [0.29, 0.717) is 16.9 Å². The number of rotatable bonds is 9. The number of ether oxygens (including phenoxy) is 1. The highest BCUT2D eigenvalue weighted by Gasteiger charge is 2.18. The van der Waals surface area contributed by atoms with Crippen LogP contribution in [0.2, 0.25) is 0 Å². The number of amides is 1. The molecule has 0 aliphatic carbocycles. The third-order valence-electron chi connectivity index (χ3n) is 5.10. The first kappa shape index (κ1) is 22.9. The van der Waals surface area contributed by atoms with Gasteiger partial charge in [0.25, 0.3) is 0 Å². The number of carbonyl (C=O) groups excluding carboxylic acids is 1. The Bertz CT molecular complexity index is 1010. The number of carbonyl (C=O) groups is 1. The molecule has 3 aromatic rings. The van der Waals surface area contributed by atoms with Gasteiger partial charge in [-0.25, -0.2) is 0 Å². The molecule has 0 saturated heterocycles. The maximum Gasteiger partial charge on any atom is 0.234 e. The molecule has 1 unspecified atom stereocenters. The normalized spacial score (nSPS) is 12.1. The smallest absolute Gasteiger partial charge is 0.234 e. The van der Waals surface area contributed by atoms with Crippen molar-refractivity contribution >= 4 is 23.4 Å². The maximum atomic E-state index is 12.4. The fraction of sp³-hybridized carbons (Fsp3) is 0.375. The Labute approximate surface area is 188 Å². The average molecular weight is 439 g/mol. The minimum atomic E-state index is -0.262. The molecule has 0 radical (unpaired) electrons. The van der Waals surface area contributed by atoms with E-state index < -0.39 is 0 Å². The molecule has 164 valence electrons. The third-order valence-corrected chi connectivity index (χ3v) is 6.12. The fourth-order valence-electron chi connectivity index (χ4n) is 3.26. The minimum absolute atomic E-state index is 0.0648. The molecule has 0 fully saturated rings. The summed E-state index contributed by atoms with van der Waals surface area (Å²) in [4.78, 5) is 12.4. The largest absolute Gasteiger partial charge is 0.483 e. The molecule has 0 saturated carbocycles. The van der Waals surface area contributed by atoms with Crippen molar-refractivity contribution in [2.45, 2.75) is 51.3 Å². The summed E-state index contributed by atoms with van der Waals surface area (Å²) in [6.07, 6.45) is 0.607. The van der Waals surface area contributed by atoms with Crippen molar-refractivity contribution < 1.29 is 9.53 Å². The lowest BCUT2D eigenvalue weighted by Crippen LogP contribution is -2.16. The van der Waals surface area contributed by atoms with Crippen molar-refractivity contribution in [2.24, 2.45) is 7.05 Å². The minimum Gasteiger partial charge on any atom is -0.483 e. The van der Waals surface area contributed by atoms with E-state index >= 15 is 0 Å². The van der Waals surface area contributed by atoms with Crippen LogP contribution in [0.25, 0.3) is 0 Å². The van der Waals surface area contributed by atoms with Gasteiger partial charge in [0.15, 0.2) is 17.1 Å². The van der Waals surface area contributed by atoms with E-state index in [1.165, 1.54) is 17.3 Å². The number of anilines is 1. The number of benzene rings is 2. The quantitative estimate of drug-likeness (QED) is 0.455. The standard InChI is InChI=1S/C24H30N4O2S/c1-6-18-9-7-8-10-21(18)25-22(29)15-31-24-27-26-23(28(24)5)17(4)30-20-13-11-19(12-14-20)16(2)3/h7-14,16-17H,6,15H2,1-5H3,(H,25,29). The maximum absolute atomic E-state index is 12.4. The summed E-state index contributed by atoms with van der Waals surface area (Å²) in [7, 11) is 1.89. The van der Waals surface area contributed by atoms with Crippen LogP contribution in [0.1, 0.15) is 56.7 Å². The number of nitrogens with one attached hydrogen (secondary N) is 1. The van der Waals surface area contributed by atoms with Crippen LogP contribution in [-0.2, 0) is 18.3 Å². The highest BCUT2D eigenvalue weighted by molar-refractivity contribution is 7.99. The van der Waals surface area contributed by atoms with E-state index in [1.54, 1.807) is 0 Å². The number of nitrogens with zero attached hydrogens (tertiary/aromatic N) is 3. The van der Waals surface area contributed by atoms with Crippen LogP contribution in [-0.4, -0.2) is 26.4 Å². The zero-order valence-electron chi connectivity index (χ0n) is 18.8. The number of para-hydroxylation sites is 1. The molecule has 0 aliphatic heterocycles. The molecule has 1 amide bonds. The molecular formula is C24H30N4O2S. The van der Waals surface area contributed by atoms with Gasteiger partial charge >= 0.3 is 0 Å². The zero-order valence-corrected chi connectivity index (χ0v) is 19.6. The van der Waals surface area contributed by atoms with Crippen LogP contribution in [0.3, 0.4) is 0 Å². The second-order valence-corrected chi connectivity index (χ2v) is 8.67. The summed E-state index contributed by atoms with van der Waals surface area (Å²) in [5.74, 6) is 2.19. The number of hydrogen-bond acceptors (Lipinski definition) is 5. The van der Waals surface area contributed by atoms with Crippen molar-refractivity contribution in [3.63, 3.8) is 0 Å². The lowest BCUT2D eigenvalue weighted by atomic mass is 10.0. The molecule has 3 rings (SSSR count). The van der Waals surface area contributed by atoms with Gasteiger partial charge in [0, 0.05) is 12.7 Å². The Balaban J connectivity index is 1.58. The lowest BCUT2D eigenvalue weighted by Gasteiger charge is -2.15. The van der Waals surface area contributed by atoms with Gasteiger partial charge in [0.05, 0.1) is 5.75 Å². The zero-order chi connectivity index (χ0) is 22.4. The predicted molar refractivity (Wildman–Crippen MR) is 126 cm³/mol. The molecule has 1 heterocycles. The van der Waals surface area contributed by atoms with Crippen molar-refractivity contribution in [3.8, 4) is 5.75 Å². The molecule has 1 atom stereocenters. The number of aromatic nitrogens is 3. The first-order chi connectivity index (χ1) is 14.9. The van der Waals surface area contributed by atoms with Crippen LogP contribution in [0.5, 0.6) is 5.75 Å². The van der Waals surface area contributed by atoms with Crippen molar-refractivity contribution in [2.75, 3.05) is 11.1 Å². The molecule has 0 bridgehead atoms. The van der Waals surface area contributed by atoms with E-state index in [2.05, 4.69) is 48.4 Å². The Morgan fingerprint density at radius 2 is 1.81 bits per heavy atom. The van der Waals surface area contributed by atoms with Crippen LogP contribution in [0.4, 0.5) is 5.69 Å². The van der Waals surface area contributed by atoms with Gasteiger partial charge in [-0.05, 0) is 48.6 Å². The van der Waals surface area contributed by atoms with Crippen LogP contribution >= 0.6 is 11.8 Å². The van der Waals surface area contributed by atoms with Crippen LogP contribution in [0, 0.1) is 0 Å². The summed E-state index contributed by atoms with van der Waals surface area (Å²) >= 11 is 1.36. The van der Waals surface area contributed by atoms with Crippen LogP contribution in [0.15, 0.2) is 53.7 Å². The van der Waals surface area contributed by atoms with Gasteiger partial charge in [-0.15, -0.1) is 10.2 Å². The van der Waals surface area contributed by atoms with Gasteiger partial charge in [0.1, 0.15) is 5.75 Å². The topological polar surface area (TPSA) is 69.0 Å². The Kier molecular flexibility index (Phi) is 7.74. The third kappa shape index (κ3) is 5.88. The van der Waals surface area contributed by atoms with Crippen molar-refractivity contribution in [1.29, 1.82) is 0 Å². The summed E-state index contributed by atoms with van der Waals surface area (Å²) in [5.41, 5.74) is 3.26. The van der Waals surface area contributed by atoms with Crippen molar-refractivity contribution in [3.05, 3.63) is 65.5 Å². The summed E-state index contributed by atoms with van der Waals surface area (Å²) in [6.45, 7) is 8.35. The monoisotopic (exact) mass is 438 g/mol. The molecule has 7 heteroatoms. The second kappa shape index (κ2) is 10.5. The highest BCUT2D eigenvalue weighted by atomic mass is 32.2. The predicted octanol–water partition coefficient (Wildman–Crippen LogP) is 5.37. The van der Waals surface area contributed by atoms with E-state index in [0.717, 1.165) is 23.4 Å². The first-order valence-corrected chi connectivity index (χ1v) is 11.5. The molecule has 1 N–H and O–H groups in total. The highest BCUT2D eigenvalue weighted by Crippen LogP contribution is 2.25. The summed E-state index contributed by atoms with van der Waals surface area (Å²) in [6, 6.07) is 16.0. The summed E-state index contributed by atoms with van der Waals surface area (Å²) < 4.78 is 7.93. The number of thioether (sulfide) groups is 1. The van der Waals surface area contributed by atoms with E-state index in [4.69, 9.17) is 4.74 Å². The van der Waals surface area contributed by atoms with E-state index in [-0.39, 0.29) is 17.8 Å².